The van der Waals surface area contributed by atoms with Crippen molar-refractivity contribution >= 4 is 11.0 Å². The maximum Gasteiger partial charge on any atom is 0.132 e. The van der Waals surface area contributed by atoms with E-state index in [2.05, 4.69) is 40.1 Å². The Morgan fingerprint density at radius 3 is 2.62 bits per heavy atom. The van der Waals surface area contributed by atoms with E-state index in [4.69, 9.17) is 9.72 Å². The van der Waals surface area contributed by atoms with Crippen molar-refractivity contribution in [1.29, 1.82) is 0 Å². The van der Waals surface area contributed by atoms with Gasteiger partial charge in [-0.2, -0.15) is 0 Å². The molecule has 2 aromatic heterocycles. The second kappa shape index (κ2) is 6.24. The molecule has 0 atom stereocenters. The van der Waals surface area contributed by atoms with Crippen LogP contribution in [0.2, 0.25) is 0 Å². The van der Waals surface area contributed by atoms with Gasteiger partial charge in [0.2, 0.25) is 0 Å². The minimum Gasteiger partial charge on any atom is -0.497 e. The van der Waals surface area contributed by atoms with E-state index in [1.54, 1.807) is 7.11 Å². The van der Waals surface area contributed by atoms with Crippen LogP contribution in [0.1, 0.15) is 24.6 Å². The monoisotopic (exact) mass is 322 g/mol. The number of hydrogen-bond acceptors (Lipinski definition) is 4. The Morgan fingerprint density at radius 2 is 1.92 bits per heavy atom. The van der Waals surface area contributed by atoms with Gasteiger partial charge in [0.25, 0.3) is 0 Å². The molecular formula is C19H22N4O. The van der Waals surface area contributed by atoms with Gasteiger partial charge in [-0.3, -0.25) is 0 Å². The summed E-state index contributed by atoms with van der Waals surface area (Å²) in [5.74, 6) is 2.32. The molecule has 3 heterocycles. The van der Waals surface area contributed by atoms with Gasteiger partial charge in [0.15, 0.2) is 0 Å². The standard InChI is InChI=1S/C19H22N4O/c1-23-9-7-14(8-10-23)19-20-12-18-17(22-19)11-16(21-18)13-3-5-15(24-2)6-4-13/h3-6,11-12,14,21H,7-10H2,1-2H3. The molecular weight excluding hydrogens is 300 g/mol. The summed E-state index contributed by atoms with van der Waals surface area (Å²) in [6.45, 7) is 2.24. The number of hydrogen-bond donors (Lipinski definition) is 1. The topological polar surface area (TPSA) is 54.0 Å². The van der Waals surface area contributed by atoms with Crippen LogP contribution in [0, 0.1) is 0 Å². The van der Waals surface area contributed by atoms with Crippen LogP contribution in [0.15, 0.2) is 36.5 Å². The molecule has 0 saturated carbocycles. The van der Waals surface area contributed by atoms with Gasteiger partial charge in [-0.15, -0.1) is 0 Å². The van der Waals surface area contributed by atoms with Crippen molar-refractivity contribution in [3.8, 4) is 17.0 Å². The average Bonchev–Trinajstić information content (AvgIpc) is 3.05. The Hall–Kier alpha value is -2.40. The molecule has 5 heteroatoms. The molecule has 1 aliphatic rings. The summed E-state index contributed by atoms with van der Waals surface area (Å²) >= 11 is 0. The van der Waals surface area contributed by atoms with Crippen LogP contribution in [-0.2, 0) is 0 Å². The second-order valence-electron chi connectivity index (χ2n) is 6.52. The molecule has 1 saturated heterocycles. The van der Waals surface area contributed by atoms with Crippen LogP contribution in [0.25, 0.3) is 22.3 Å². The molecule has 3 aromatic rings. The zero-order valence-electron chi connectivity index (χ0n) is 14.1. The normalized spacial score (nSPS) is 16.6. The van der Waals surface area contributed by atoms with Crippen LogP contribution < -0.4 is 4.74 Å². The quantitative estimate of drug-likeness (QED) is 0.802. The summed E-state index contributed by atoms with van der Waals surface area (Å²) in [5.41, 5.74) is 4.15. The SMILES string of the molecule is COc1ccc(-c2cc3nc(C4CCN(C)CC4)ncc3[nH]2)cc1. The summed E-state index contributed by atoms with van der Waals surface area (Å²) in [7, 11) is 3.85. The van der Waals surface area contributed by atoms with Gasteiger partial charge in [-0.05, 0) is 68.9 Å². The van der Waals surface area contributed by atoms with E-state index in [1.165, 1.54) is 0 Å². The lowest BCUT2D eigenvalue weighted by molar-refractivity contribution is 0.251. The number of nitrogens with one attached hydrogen (secondary N) is 1. The van der Waals surface area contributed by atoms with Crippen LogP contribution in [0.3, 0.4) is 0 Å². The minimum absolute atomic E-state index is 0.477. The zero-order chi connectivity index (χ0) is 16.5. The lowest BCUT2D eigenvalue weighted by Crippen LogP contribution is -2.29. The number of ether oxygens (including phenoxy) is 1. The van der Waals surface area contributed by atoms with E-state index in [0.29, 0.717) is 5.92 Å². The van der Waals surface area contributed by atoms with Crippen molar-refractivity contribution in [3.63, 3.8) is 0 Å². The zero-order valence-corrected chi connectivity index (χ0v) is 14.1. The summed E-state index contributed by atoms with van der Waals surface area (Å²) in [5, 5.41) is 0. The highest BCUT2D eigenvalue weighted by Gasteiger charge is 2.21. The first-order valence-electron chi connectivity index (χ1n) is 8.41. The van der Waals surface area contributed by atoms with E-state index >= 15 is 0 Å². The maximum absolute atomic E-state index is 5.22. The molecule has 5 nitrogen and oxygen atoms in total. The van der Waals surface area contributed by atoms with Crippen molar-refractivity contribution in [3.05, 3.63) is 42.4 Å². The van der Waals surface area contributed by atoms with Gasteiger partial charge in [-0.1, -0.05) is 0 Å². The van der Waals surface area contributed by atoms with Gasteiger partial charge in [0.05, 0.1) is 24.3 Å². The molecule has 1 fully saturated rings. The molecule has 0 amide bonds. The van der Waals surface area contributed by atoms with E-state index in [1.807, 2.05) is 18.3 Å². The molecule has 24 heavy (non-hydrogen) atoms. The second-order valence-corrected chi connectivity index (χ2v) is 6.52. The number of likely N-dealkylation sites (tertiary alicyclic amines) is 1. The number of H-pyrrole nitrogens is 1. The molecule has 0 unspecified atom stereocenters. The van der Waals surface area contributed by atoms with Crippen LogP contribution in [-0.4, -0.2) is 47.1 Å². The van der Waals surface area contributed by atoms with Gasteiger partial charge in [-0.25, -0.2) is 9.97 Å². The highest BCUT2D eigenvalue weighted by molar-refractivity contribution is 5.82. The lowest BCUT2D eigenvalue weighted by atomic mass is 9.96. The molecule has 1 aromatic carbocycles. The summed E-state index contributed by atoms with van der Waals surface area (Å²) in [6.07, 6.45) is 4.19. The fraction of sp³-hybridized carbons (Fsp3) is 0.368. The van der Waals surface area contributed by atoms with E-state index in [-0.39, 0.29) is 0 Å². The van der Waals surface area contributed by atoms with Crippen molar-refractivity contribution in [2.75, 3.05) is 27.2 Å². The van der Waals surface area contributed by atoms with Gasteiger partial charge in [0, 0.05) is 11.6 Å². The van der Waals surface area contributed by atoms with Gasteiger partial charge >= 0.3 is 0 Å². The van der Waals surface area contributed by atoms with E-state index < -0.39 is 0 Å². The number of methoxy groups -OCH3 is 1. The fourth-order valence-corrected chi connectivity index (χ4v) is 3.32. The lowest BCUT2D eigenvalue weighted by Gasteiger charge is -2.27. The molecule has 1 aliphatic heterocycles. The Labute approximate surface area is 141 Å². The predicted octanol–water partition coefficient (Wildman–Crippen LogP) is 3.44. The molecule has 0 aliphatic carbocycles. The number of fused-ring (bicyclic) bond motifs is 1. The number of benzene rings is 1. The highest BCUT2D eigenvalue weighted by Crippen LogP contribution is 2.28. The minimum atomic E-state index is 0.477. The number of aromatic amines is 1. The van der Waals surface area contributed by atoms with E-state index in [0.717, 1.165) is 59.8 Å². The van der Waals surface area contributed by atoms with Crippen molar-refractivity contribution < 1.29 is 4.74 Å². The molecule has 0 bridgehead atoms. The van der Waals surface area contributed by atoms with Crippen LogP contribution in [0.4, 0.5) is 0 Å². The fourth-order valence-electron chi connectivity index (χ4n) is 3.32. The Morgan fingerprint density at radius 1 is 1.17 bits per heavy atom. The molecule has 0 spiro atoms. The first-order valence-corrected chi connectivity index (χ1v) is 8.41. The number of piperidine rings is 1. The maximum atomic E-state index is 5.22. The largest absolute Gasteiger partial charge is 0.497 e. The third-order valence-electron chi connectivity index (χ3n) is 4.87. The Bertz CT molecular complexity index is 832. The average molecular weight is 322 g/mol. The number of nitrogens with zero attached hydrogens (tertiary/aromatic N) is 3. The van der Waals surface area contributed by atoms with Crippen LogP contribution >= 0.6 is 0 Å². The molecule has 0 radical (unpaired) electrons. The predicted molar refractivity (Wildman–Crippen MR) is 95.3 cm³/mol. The molecule has 124 valence electrons. The van der Waals surface area contributed by atoms with Crippen molar-refractivity contribution in [2.45, 2.75) is 18.8 Å². The van der Waals surface area contributed by atoms with Crippen molar-refractivity contribution in [2.24, 2.45) is 0 Å². The molecule has 4 rings (SSSR count). The number of aromatic nitrogens is 3. The van der Waals surface area contributed by atoms with E-state index in [9.17, 15) is 0 Å². The van der Waals surface area contributed by atoms with Crippen LogP contribution in [0.5, 0.6) is 5.75 Å². The first kappa shape index (κ1) is 15.1. The summed E-state index contributed by atoms with van der Waals surface area (Å²) in [4.78, 5) is 15.2. The third kappa shape index (κ3) is 2.87. The third-order valence-corrected chi connectivity index (χ3v) is 4.87. The van der Waals surface area contributed by atoms with Gasteiger partial charge in [0.1, 0.15) is 11.6 Å². The highest BCUT2D eigenvalue weighted by atomic mass is 16.5. The molecule has 1 N–H and O–H groups in total. The van der Waals surface area contributed by atoms with Crippen molar-refractivity contribution in [1.82, 2.24) is 19.9 Å². The summed E-state index contributed by atoms with van der Waals surface area (Å²) < 4.78 is 5.22. The number of rotatable bonds is 3. The Kier molecular flexibility index (Phi) is 3.94. The Balaban J connectivity index is 1.63. The smallest absolute Gasteiger partial charge is 0.132 e. The first-order chi connectivity index (χ1) is 11.7. The van der Waals surface area contributed by atoms with Gasteiger partial charge < -0.3 is 14.6 Å². The summed E-state index contributed by atoms with van der Waals surface area (Å²) in [6, 6.07) is 10.1.